The number of amides is 1. The van der Waals surface area contributed by atoms with Crippen molar-refractivity contribution in [2.75, 3.05) is 11.4 Å². The van der Waals surface area contributed by atoms with Crippen LogP contribution in [0.1, 0.15) is 39.7 Å². The highest BCUT2D eigenvalue weighted by Crippen LogP contribution is 2.31. The van der Waals surface area contributed by atoms with Crippen molar-refractivity contribution < 1.29 is 4.79 Å². The number of rotatable bonds is 5. The Morgan fingerprint density at radius 1 is 1.48 bits per heavy atom. The van der Waals surface area contributed by atoms with Crippen LogP contribution in [0.4, 0.5) is 5.69 Å². The highest BCUT2D eigenvalue weighted by atomic mass is 16.1. The van der Waals surface area contributed by atoms with Gasteiger partial charge in [0.25, 0.3) is 0 Å². The van der Waals surface area contributed by atoms with Gasteiger partial charge in [-0.15, -0.1) is 0 Å². The van der Waals surface area contributed by atoms with E-state index in [1.54, 1.807) is 0 Å². The Labute approximate surface area is 127 Å². The number of benzene rings is 1. The van der Waals surface area contributed by atoms with Gasteiger partial charge in [-0.05, 0) is 52.2 Å². The molecule has 1 aliphatic heterocycles. The number of fused-ring (bicyclic) bond motifs is 1. The number of nitrogens with one attached hydrogen (secondary N) is 1. The highest BCUT2D eigenvalue weighted by Gasteiger charge is 2.36. The van der Waals surface area contributed by atoms with E-state index >= 15 is 0 Å². The Morgan fingerprint density at radius 2 is 2.14 bits per heavy atom. The van der Waals surface area contributed by atoms with Crippen molar-refractivity contribution in [3.05, 3.63) is 29.8 Å². The third kappa shape index (κ3) is 3.38. The third-order valence-electron chi connectivity index (χ3n) is 4.30. The number of carbonyl (C=O) groups excluding carboxylic acids is 1. The van der Waals surface area contributed by atoms with Crippen LogP contribution < -0.4 is 16.0 Å². The number of para-hydroxylation sites is 1. The molecule has 0 radical (unpaired) electrons. The largest absolute Gasteiger partial charge is 0.368 e. The minimum atomic E-state index is -0.729. The lowest BCUT2D eigenvalue weighted by Crippen LogP contribution is -2.62. The molecule has 0 aromatic heterocycles. The second-order valence-electron chi connectivity index (χ2n) is 6.64. The van der Waals surface area contributed by atoms with Crippen LogP contribution in [-0.4, -0.2) is 30.1 Å². The van der Waals surface area contributed by atoms with Crippen LogP contribution in [0.2, 0.25) is 0 Å². The fourth-order valence-corrected chi connectivity index (χ4v) is 3.17. The zero-order valence-electron chi connectivity index (χ0n) is 13.5. The predicted octanol–water partition coefficient (Wildman–Crippen LogP) is 2.07. The van der Waals surface area contributed by atoms with Crippen LogP contribution in [0.5, 0.6) is 0 Å². The van der Waals surface area contributed by atoms with Crippen LogP contribution in [0.15, 0.2) is 24.3 Å². The summed E-state index contributed by atoms with van der Waals surface area (Å²) >= 11 is 0. The summed E-state index contributed by atoms with van der Waals surface area (Å²) in [6.07, 6.45) is 2.20. The first kappa shape index (κ1) is 15.8. The molecule has 1 aromatic rings. The van der Waals surface area contributed by atoms with Gasteiger partial charge in [0.05, 0.1) is 0 Å². The van der Waals surface area contributed by atoms with E-state index < -0.39 is 5.54 Å². The molecule has 1 aromatic carbocycles. The first-order chi connectivity index (χ1) is 9.83. The average molecular weight is 289 g/mol. The van der Waals surface area contributed by atoms with Gasteiger partial charge < -0.3 is 10.6 Å². The summed E-state index contributed by atoms with van der Waals surface area (Å²) in [6, 6.07) is 9.06. The molecule has 116 valence electrons. The lowest BCUT2D eigenvalue weighted by Gasteiger charge is -2.42. The molecule has 0 aliphatic carbocycles. The molecule has 0 saturated carbocycles. The van der Waals surface area contributed by atoms with E-state index in [1.807, 2.05) is 20.8 Å². The predicted molar refractivity (Wildman–Crippen MR) is 87.4 cm³/mol. The quantitative estimate of drug-likeness (QED) is 0.872. The standard InChI is InChI=1S/C17H27N3O/c1-12(2)19-17(4,16(18)21)11-20-13(3)9-10-14-7-5-6-8-15(14)20/h5-8,12-13,19H,9-11H2,1-4H3,(H2,18,21). The first-order valence-electron chi connectivity index (χ1n) is 7.75. The molecule has 2 rings (SSSR count). The summed E-state index contributed by atoms with van der Waals surface area (Å²) in [5.41, 5.74) is 7.53. The molecular weight excluding hydrogens is 262 g/mol. The summed E-state index contributed by atoms with van der Waals surface area (Å²) in [5.74, 6) is -0.300. The molecule has 21 heavy (non-hydrogen) atoms. The zero-order chi connectivity index (χ0) is 15.6. The van der Waals surface area contributed by atoms with Gasteiger partial charge >= 0.3 is 0 Å². The van der Waals surface area contributed by atoms with Crippen molar-refractivity contribution in [2.24, 2.45) is 5.73 Å². The lowest BCUT2D eigenvalue weighted by atomic mass is 9.92. The molecule has 1 aliphatic rings. The second-order valence-corrected chi connectivity index (χ2v) is 6.64. The number of nitrogens with two attached hydrogens (primary N) is 1. The average Bonchev–Trinajstić information content (AvgIpc) is 2.41. The van der Waals surface area contributed by atoms with E-state index in [1.165, 1.54) is 11.3 Å². The summed E-state index contributed by atoms with van der Waals surface area (Å²) in [4.78, 5) is 14.3. The molecule has 4 nitrogen and oxygen atoms in total. The van der Waals surface area contributed by atoms with Gasteiger partial charge in [-0.1, -0.05) is 18.2 Å². The van der Waals surface area contributed by atoms with E-state index in [2.05, 4.69) is 41.4 Å². The van der Waals surface area contributed by atoms with E-state index in [4.69, 9.17) is 5.73 Å². The van der Waals surface area contributed by atoms with Gasteiger partial charge in [-0.3, -0.25) is 10.1 Å². The number of carbonyl (C=O) groups is 1. The molecule has 4 heteroatoms. The Kier molecular flexibility index (Phi) is 4.57. The van der Waals surface area contributed by atoms with Crippen molar-refractivity contribution in [2.45, 2.75) is 58.2 Å². The van der Waals surface area contributed by atoms with Gasteiger partial charge in [-0.25, -0.2) is 0 Å². The second kappa shape index (κ2) is 6.06. The summed E-state index contributed by atoms with van der Waals surface area (Å²) < 4.78 is 0. The van der Waals surface area contributed by atoms with Crippen LogP contribution in [0.3, 0.4) is 0 Å². The van der Waals surface area contributed by atoms with Crippen LogP contribution in [0, 0.1) is 0 Å². The van der Waals surface area contributed by atoms with Crippen molar-refractivity contribution in [3.63, 3.8) is 0 Å². The third-order valence-corrected chi connectivity index (χ3v) is 4.30. The number of hydrogen-bond donors (Lipinski definition) is 2. The normalized spacial score (nSPS) is 21.0. The number of hydrogen-bond acceptors (Lipinski definition) is 3. The molecule has 2 atom stereocenters. The smallest absolute Gasteiger partial charge is 0.239 e. The van der Waals surface area contributed by atoms with Crippen LogP contribution in [-0.2, 0) is 11.2 Å². The Bertz CT molecular complexity index is 515. The summed E-state index contributed by atoms with van der Waals surface area (Å²) in [6.45, 7) is 8.79. The zero-order valence-corrected chi connectivity index (χ0v) is 13.5. The number of nitrogens with zero attached hydrogens (tertiary/aromatic N) is 1. The fourth-order valence-electron chi connectivity index (χ4n) is 3.17. The molecule has 2 unspecified atom stereocenters. The van der Waals surface area contributed by atoms with Crippen molar-refractivity contribution in [3.8, 4) is 0 Å². The minimum absolute atomic E-state index is 0.206. The van der Waals surface area contributed by atoms with Gasteiger partial charge in [0.15, 0.2) is 0 Å². The maximum atomic E-state index is 12.0. The number of aryl methyl sites for hydroxylation is 1. The van der Waals surface area contributed by atoms with E-state index in [0.29, 0.717) is 12.6 Å². The Balaban J connectivity index is 2.30. The van der Waals surface area contributed by atoms with Gasteiger partial charge in [0, 0.05) is 24.3 Å². The minimum Gasteiger partial charge on any atom is -0.368 e. The first-order valence-corrected chi connectivity index (χ1v) is 7.75. The SMILES string of the molecule is CC(C)NC(C)(CN1c2ccccc2CCC1C)C(N)=O. The van der Waals surface area contributed by atoms with E-state index in [9.17, 15) is 4.79 Å². The maximum Gasteiger partial charge on any atom is 0.239 e. The van der Waals surface area contributed by atoms with Gasteiger partial charge in [0.1, 0.15) is 5.54 Å². The molecule has 0 spiro atoms. The molecule has 3 N–H and O–H groups in total. The van der Waals surface area contributed by atoms with E-state index in [-0.39, 0.29) is 11.9 Å². The van der Waals surface area contributed by atoms with Crippen molar-refractivity contribution in [1.82, 2.24) is 5.32 Å². The number of primary amides is 1. The molecular formula is C17H27N3O. The molecule has 1 amide bonds. The Morgan fingerprint density at radius 3 is 2.76 bits per heavy atom. The Hall–Kier alpha value is -1.55. The maximum absolute atomic E-state index is 12.0. The molecule has 0 bridgehead atoms. The topological polar surface area (TPSA) is 58.4 Å². The summed E-state index contributed by atoms with van der Waals surface area (Å²) in [5, 5.41) is 3.34. The van der Waals surface area contributed by atoms with E-state index in [0.717, 1.165) is 12.8 Å². The highest BCUT2D eigenvalue weighted by molar-refractivity contribution is 5.85. The fraction of sp³-hybridized carbons (Fsp3) is 0.588. The lowest BCUT2D eigenvalue weighted by molar-refractivity contribution is -0.123. The van der Waals surface area contributed by atoms with Crippen molar-refractivity contribution >= 4 is 11.6 Å². The molecule has 1 heterocycles. The molecule has 0 saturated heterocycles. The van der Waals surface area contributed by atoms with Crippen LogP contribution in [0.25, 0.3) is 0 Å². The van der Waals surface area contributed by atoms with Gasteiger partial charge in [0.2, 0.25) is 5.91 Å². The van der Waals surface area contributed by atoms with Crippen molar-refractivity contribution in [1.29, 1.82) is 0 Å². The van der Waals surface area contributed by atoms with Gasteiger partial charge in [-0.2, -0.15) is 0 Å². The monoisotopic (exact) mass is 289 g/mol. The molecule has 0 fully saturated rings. The summed E-state index contributed by atoms with van der Waals surface area (Å²) in [7, 11) is 0. The number of anilines is 1. The van der Waals surface area contributed by atoms with Crippen LogP contribution >= 0.6 is 0 Å².